The van der Waals surface area contributed by atoms with Gasteiger partial charge < -0.3 is 9.84 Å². The van der Waals surface area contributed by atoms with Gasteiger partial charge in [-0.15, -0.1) is 0 Å². The fraction of sp³-hybridized carbons (Fsp3) is 0.0833. The Morgan fingerprint density at radius 3 is 2.50 bits per heavy atom. The van der Waals surface area contributed by atoms with Crippen LogP contribution in [0.15, 0.2) is 30.3 Å². The number of hydrogen-bond donors (Lipinski definition) is 1. The smallest absolute Gasteiger partial charge is 0.355 e. The predicted molar refractivity (Wildman–Crippen MR) is 65.2 cm³/mol. The minimum atomic E-state index is -1.17. The molecule has 2 rings (SSSR count). The van der Waals surface area contributed by atoms with E-state index in [2.05, 4.69) is 4.37 Å². The number of aromatic nitrogens is 1. The summed E-state index contributed by atoms with van der Waals surface area (Å²) < 4.78 is 8.72. The van der Waals surface area contributed by atoms with Crippen LogP contribution >= 0.6 is 11.5 Å². The maximum Gasteiger partial charge on any atom is 0.355 e. The van der Waals surface area contributed by atoms with Gasteiger partial charge in [-0.1, -0.05) is 17.7 Å². The van der Waals surface area contributed by atoms with E-state index in [-0.39, 0.29) is 10.6 Å². The molecule has 6 heteroatoms. The van der Waals surface area contributed by atoms with Gasteiger partial charge in [0.15, 0.2) is 5.69 Å². The number of carboxylic acid groups (broad SMARTS) is 1. The Hall–Kier alpha value is -2.21. The van der Waals surface area contributed by atoms with Crippen LogP contribution in [-0.4, -0.2) is 21.4 Å². The van der Waals surface area contributed by atoms with Crippen LogP contribution in [0.25, 0.3) is 0 Å². The molecule has 0 aliphatic carbocycles. The van der Waals surface area contributed by atoms with Crippen molar-refractivity contribution in [2.45, 2.75) is 6.92 Å². The molecule has 1 aromatic carbocycles. The van der Waals surface area contributed by atoms with Crippen molar-refractivity contribution in [1.82, 2.24) is 4.37 Å². The molecule has 18 heavy (non-hydrogen) atoms. The normalized spacial score (nSPS) is 10.1. The van der Waals surface area contributed by atoms with Crippen LogP contribution < -0.4 is 4.74 Å². The van der Waals surface area contributed by atoms with Crippen LogP contribution in [0.5, 0.6) is 5.75 Å². The summed E-state index contributed by atoms with van der Waals surface area (Å²) in [5.74, 6) is -1.36. The zero-order valence-corrected chi connectivity index (χ0v) is 10.2. The molecular weight excluding hydrogens is 254 g/mol. The van der Waals surface area contributed by atoms with E-state index in [1.54, 1.807) is 12.1 Å². The molecule has 0 fully saturated rings. The van der Waals surface area contributed by atoms with E-state index in [4.69, 9.17) is 9.84 Å². The summed E-state index contributed by atoms with van der Waals surface area (Å²) in [7, 11) is 0. The molecule has 1 heterocycles. The van der Waals surface area contributed by atoms with E-state index < -0.39 is 11.9 Å². The molecule has 0 unspecified atom stereocenters. The third kappa shape index (κ3) is 2.72. The lowest BCUT2D eigenvalue weighted by Gasteiger charge is -2.01. The Balaban J connectivity index is 2.11. The van der Waals surface area contributed by atoms with Gasteiger partial charge in [0.25, 0.3) is 0 Å². The van der Waals surface area contributed by atoms with Gasteiger partial charge in [-0.05, 0) is 36.7 Å². The zero-order chi connectivity index (χ0) is 13.1. The quantitative estimate of drug-likeness (QED) is 0.679. The van der Waals surface area contributed by atoms with Gasteiger partial charge in [0.2, 0.25) is 0 Å². The largest absolute Gasteiger partial charge is 0.476 e. The summed E-state index contributed by atoms with van der Waals surface area (Å²) in [6.07, 6.45) is 0. The van der Waals surface area contributed by atoms with Crippen LogP contribution in [-0.2, 0) is 0 Å². The monoisotopic (exact) mass is 263 g/mol. The molecule has 0 atom stereocenters. The molecule has 1 aromatic heterocycles. The third-order valence-corrected chi connectivity index (χ3v) is 2.93. The number of hydrogen-bond acceptors (Lipinski definition) is 5. The number of nitrogens with zero attached hydrogens (tertiary/aromatic N) is 1. The maximum atomic E-state index is 11.7. The number of benzene rings is 1. The minimum Gasteiger partial charge on any atom is -0.476 e. The number of esters is 1. The van der Waals surface area contributed by atoms with Crippen molar-refractivity contribution in [3.05, 3.63) is 46.5 Å². The van der Waals surface area contributed by atoms with Crippen molar-refractivity contribution in [3.63, 3.8) is 0 Å². The van der Waals surface area contributed by atoms with E-state index in [1.807, 2.05) is 19.1 Å². The predicted octanol–water partition coefficient (Wildman–Crippen LogP) is 2.37. The first-order valence-electron chi connectivity index (χ1n) is 5.05. The SMILES string of the molecule is Cc1ccc(OC(=O)c2cc(C(=O)O)ns2)cc1. The van der Waals surface area contributed by atoms with E-state index in [1.165, 1.54) is 6.07 Å². The number of carbonyl (C=O) groups excluding carboxylic acids is 1. The summed E-state index contributed by atoms with van der Waals surface area (Å²) in [6, 6.07) is 8.18. The molecule has 0 radical (unpaired) electrons. The molecule has 0 bridgehead atoms. The molecule has 2 aromatic rings. The maximum absolute atomic E-state index is 11.7. The van der Waals surface area contributed by atoms with Crippen molar-refractivity contribution < 1.29 is 19.4 Å². The Bertz CT molecular complexity index is 588. The lowest BCUT2D eigenvalue weighted by Crippen LogP contribution is -2.06. The topological polar surface area (TPSA) is 76.5 Å². The van der Waals surface area contributed by atoms with Crippen molar-refractivity contribution in [3.8, 4) is 5.75 Å². The van der Waals surface area contributed by atoms with E-state index in [0.717, 1.165) is 17.1 Å². The lowest BCUT2D eigenvalue weighted by molar-refractivity contribution is 0.0691. The van der Waals surface area contributed by atoms with Crippen LogP contribution in [0.1, 0.15) is 25.7 Å². The second kappa shape index (κ2) is 4.97. The van der Waals surface area contributed by atoms with Gasteiger partial charge >= 0.3 is 11.9 Å². The molecule has 5 nitrogen and oxygen atoms in total. The highest BCUT2D eigenvalue weighted by Crippen LogP contribution is 2.16. The van der Waals surface area contributed by atoms with Crippen LogP contribution in [0.2, 0.25) is 0 Å². The fourth-order valence-corrected chi connectivity index (χ4v) is 1.84. The van der Waals surface area contributed by atoms with Gasteiger partial charge in [0, 0.05) is 0 Å². The summed E-state index contributed by atoms with van der Waals surface area (Å²) >= 11 is 0.803. The fourth-order valence-electron chi connectivity index (χ4n) is 1.24. The number of aryl methyl sites for hydroxylation is 1. The van der Waals surface area contributed by atoms with E-state index in [0.29, 0.717) is 5.75 Å². The Morgan fingerprint density at radius 2 is 1.94 bits per heavy atom. The molecule has 0 spiro atoms. The third-order valence-electron chi connectivity index (χ3n) is 2.16. The molecule has 0 saturated heterocycles. The second-order valence-electron chi connectivity index (χ2n) is 3.58. The zero-order valence-electron chi connectivity index (χ0n) is 9.41. The molecule has 0 amide bonds. The standard InChI is InChI=1S/C12H9NO4S/c1-7-2-4-8(5-3-7)17-12(16)10-6-9(11(14)15)13-18-10/h2-6H,1H3,(H,14,15). The van der Waals surface area contributed by atoms with Crippen molar-refractivity contribution in [1.29, 1.82) is 0 Å². The molecule has 1 N–H and O–H groups in total. The van der Waals surface area contributed by atoms with Crippen LogP contribution in [0, 0.1) is 6.92 Å². The highest BCUT2D eigenvalue weighted by Gasteiger charge is 2.16. The number of carboxylic acids is 1. The first kappa shape index (κ1) is 12.3. The van der Waals surface area contributed by atoms with Gasteiger partial charge in [-0.25, -0.2) is 9.59 Å². The van der Waals surface area contributed by atoms with Gasteiger partial charge in [-0.2, -0.15) is 4.37 Å². The summed E-state index contributed by atoms with van der Waals surface area (Å²) in [4.78, 5) is 22.5. The van der Waals surface area contributed by atoms with Crippen LogP contribution in [0.3, 0.4) is 0 Å². The van der Waals surface area contributed by atoms with Crippen LogP contribution in [0.4, 0.5) is 0 Å². The summed E-state index contributed by atoms with van der Waals surface area (Å²) in [5, 5.41) is 8.69. The van der Waals surface area contributed by atoms with Crippen molar-refractivity contribution >= 4 is 23.5 Å². The molecular formula is C12H9NO4S. The molecule has 92 valence electrons. The number of ether oxygens (including phenoxy) is 1. The Labute approximate surface area is 107 Å². The average Bonchev–Trinajstić information content (AvgIpc) is 2.81. The summed E-state index contributed by atoms with van der Waals surface area (Å²) in [5.41, 5.74) is 0.900. The number of rotatable bonds is 3. The summed E-state index contributed by atoms with van der Waals surface area (Å²) in [6.45, 7) is 1.92. The van der Waals surface area contributed by atoms with Gasteiger partial charge in [0.05, 0.1) is 0 Å². The first-order chi connectivity index (χ1) is 8.56. The highest BCUT2D eigenvalue weighted by atomic mass is 32.1. The van der Waals surface area contributed by atoms with Crippen molar-refractivity contribution in [2.75, 3.05) is 0 Å². The first-order valence-corrected chi connectivity index (χ1v) is 5.82. The average molecular weight is 263 g/mol. The minimum absolute atomic E-state index is 0.157. The Morgan fingerprint density at radius 1 is 1.28 bits per heavy atom. The highest BCUT2D eigenvalue weighted by molar-refractivity contribution is 7.08. The lowest BCUT2D eigenvalue weighted by atomic mass is 10.2. The molecule has 0 aliphatic heterocycles. The van der Waals surface area contributed by atoms with Gasteiger partial charge in [0.1, 0.15) is 10.6 Å². The Kier molecular flexibility index (Phi) is 3.38. The van der Waals surface area contributed by atoms with E-state index >= 15 is 0 Å². The number of aromatic carboxylic acids is 1. The number of carbonyl (C=O) groups is 2. The molecule has 0 aliphatic rings. The molecule has 0 saturated carbocycles. The second-order valence-corrected chi connectivity index (χ2v) is 4.39. The van der Waals surface area contributed by atoms with Gasteiger partial charge in [-0.3, -0.25) is 0 Å². The van der Waals surface area contributed by atoms with E-state index in [9.17, 15) is 9.59 Å². The van der Waals surface area contributed by atoms with Crippen molar-refractivity contribution in [2.24, 2.45) is 0 Å².